The van der Waals surface area contributed by atoms with E-state index in [9.17, 15) is 13.2 Å². The second kappa shape index (κ2) is 7.09. The van der Waals surface area contributed by atoms with Crippen molar-refractivity contribution in [2.24, 2.45) is 0 Å². The molecule has 18 heavy (non-hydrogen) atoms. The van der Waals surface area contributed by atoms with E-state index in [1.807, 2.05) is 0 Å². The van der Waals surface area contributed by atoms with Gasteiger partial charge in [0.2, 0.25) is 5.91 Å². The molecule has 1 N–H and O–H groups in total. The lowest BCUT2D eigenvalue weighted by Gasteiger charge is -2.24. The molecule has 1 fully saturated rings. The quantitative estimate of drug-likeness (QED) is 0.782. The fourth-order valence-electron chi connectivity index (χ4n) is 2.10. The molecular formula is C12H23NO4S. The number of carbonyl (C=O) groups is 1. The Hall–Kier alpha value is -0.620. The van der Waals surface area contributed by atoms with E-state index >= 15 is 0 Å². The summed E-state index contributed by atoms with van der Waals surface area (Å²) in [5.41, 5.74) is 0. The van der Waals surface area contributed by atoms with Crippen LogP contribution in [-0.2, 0) is 19.4 Å². The predicted molar refractivity (Wildman–Crippen MR) is 70.1 cm³/mol. The summed E-state index contributed by atoms with van der Waals surface area (Å²) < 4.78 is 28.4. The van der Waals surface area contributed by atoms with Crippen LogP contribution < -0.4 is 5.32 Å². The Balaban J connectivity index is 2.49. The number of hydrogen-bond acceptors (Lipinski definition) is 4. The van der Waals surface area contributed by atoms with Crippen molar-refractivity contribution in [1.29, 1.82) is 0 Å². The van der Waals surface area contributed by atoms with E-state index in [2.05, 4.69) is 5.32 Å². The number of rotatable bonds is 6. The number of ether oxygens (including phenoxy) is 1. The second-order valence-electron chi connectivity index (χ2n) is 4.85. The highest BCUT2D eigenvalue weighted by Crippen LogP contribution is 2.17. The van der Waals surface area contributed by atoms with Crippen molar-refractivity contribution < 1.29 is 17.9 Å². The molecule has 1 atom stereocenters. The molecular weight excluding hydrogens is 254 g/mol. The molecule has 1 aliphatic carbocycles. The van der Waals surface area contributed by atoms with E-state index in [1.54, 1.807) is 0 Å². The van der Waals surface area contributed by atoms with E-state index in [1.165, 1.54) is 20.5 Å². The number of nitrogens with one attached hydrogen (secondary N) is 1. The summed E-state index contributed by atoms with van der Waals surface area (Å²) in [5.74, 6) is -0.485. The highest BCUT2D eigenvalue weighted by molar-refractivity contribution is 7.92. The number of carbonyl (C=O) groups excluding carboxylic acids is 1. The molecule has 1 unspecified atom stereocenters. The molecule has 5 nitrogen and oxygen atoms in total. The maximum absolute atomic E-state index is 11.9. The van der Waals surface area contributed by atoms with Crippen LogP contribution in [0, 0.1) is 0 Å². The summed E-state index contributed by atoms with van der Waals surface area (Å²) in [6.45, 7) is 1.58. The number of sulfone groups is 1. The van der Waals surface area contributed by atoms with Crippen LogP contribution in [0.2, 0.25) is 0 Å². The van der Waals surface area contributed by atoms with E-state index in [4.69, 9.17) is 4.74 Å². The monoisotopic (exact) mass is 277 g/mol. The Labute approximate surface area is 109 Å². The molecule has 6 heteroatoms. The Morgan fingerprint density at radius 2 is 1.94 bits per heavy atom. The highest BCUT2D eigenvalue weighted by atomic mass is 32.2. The minimum absolute atomic E-state index is 0.108. The Morgan fingerprint density at radius 3 is 2.50 bits per heavy atom. The van der Waals surface area contributed by atoms with Gasteiger partial charge in [-0.1, -0.05) is 19.3 Å². The normalized spacial score (nSPS) is 19.4. The smallest absolute Gasteiger partial charge is 0.238 e. The Kier molecular flexibility index (Phi) is 6.08. The molecule has 1 rings (SSSR count). The molecule has 1 saturated carbocycles. The van der Waals surface area contributed by atoms with Crippen LogP contribution in [0.15, 0.2) is 0 Å². The van der Waals surface area contributed by atoms with Crippen molar-refractivity contribution in [1.82, 2.24) is 5.32 Å². The van der Waals surface area contributed by atoms with Gasteiger partial charge in [0.15, 0.2) is 9.84 Å². The lowest BCUT2D eigenvalue weighted by Crippen LogP contribution is -2.44. The minimum atomic E-state index is -3.41. The molecule has 0 spiro atoms. The number of methoxy groups -OCH3 is 1. The van der Waals surface area contributed by atoms with Gasteiger partial charge in [-0.3, -0.25) is 4.79 Å². The Bertz CT molecular complexity index is 360. The summed E-state index contributed by atoms with van der Waals surface area (Å²) in [5, 5.41) is 1.85. The van der Waals surface area contributed by atoms with Crippen LogP contribution in [0.4, 0.5) is 0 Å². The van der Waals surface area contributed by atoms with Crippen LogP contribution in [0.5, 0.6) is 0 Å². The third-order valence-corrected chi connectivity index (χ3v) is 5.46. The third kappa shape index (κ3) is 4.57. The first kappa shape index (κ1) is 15.4. The van der Waals surface area contributed by atoms with Crippen LogP contribution in [0.3, 0.4) is 0 Å². The first-order valence-electron chi connectivity index (χ1n) is 6.48. The molecule has 1 aliphatic rings. The van der Waals surface area contributed by atoms with Crippen molar-refractivity contribution in [2.45, 2.75) is 50.3 Å². The van der Waals surface area contributed by atoms with Gasteiger partial charge in [0.25, 0.3) is 0 Å². The van der Waals surface area contributed by atoms with Gasteiger partial charge in [-0.05, 0) is 19.8 Å². The van der Waals surface area contributed by atoms with E-state index < -0.39 is 15.1 Å². The topological polar surface area (TPSA) is 72.5 Å². The SMILES string of the molecule is COCCS(=O)(=O)C(C)C(=O)NC1CCCCC1. The van der Waals surface area contributed by atoms with Gasteiger partial charge in [-0.25, -0.2) is 8.42 Å². The van der Waals surface area contributed by atoms with Gasteiger partial charge in [-0.15, -0.1) is 0 Å². The highest BCUT2D eigenvalue weighted by Gasteiger charge is 2.29. The zero-order valence-corrected chi connectivity index (χ0v) is 12.0. The molecule has 0 aromatic heterocycles. The summed E-state index contributed by atoms with van der Waals surface area (Å²) in [7, 11) is -1.96. The predicted octanol–water partition coefficient (Wildman–Crippen LogP) is 0.885. The first-order chi connectivity index (χ1) is 8.47. The van der Waals surface area contributed by atoms with Crippen LogP contribution >= 0.6 is 0 Å². The molecule has 0 aromatic rings. The third-order valence-electron chi connectivity index (χ3n) is 3.43. The number of amides is 1. The zero-order valence-electron chi connectivity index (χ0n) is 11.1. The van der Waals surface area contributed by atoms with Crippen molar-refractivity contribution in [3.05, 3.63) is 0 Å². The summed E-state index contributed by atoms with van der Waals surface area (Å²) >= 11 is 0. The lowest BCUT2D eigenvalue weighted by molar-refractivity contribution is -0.121. The summed E-state index contributed by atoms with van der Waals surface area (Å²) in [4.78, 5) is 11.9. The maximum atomic E-state index is 11.9. The molecule has 0 aromatic carbocycles. The van der Waals surface area contributed by atoms with Crippen molar-refractivity contribution >= 4 is 15.7 Å². The van der Waals surface area contributed by atoms with Gasteiger partial charge in [0, 0.05) is 13.2 Å². The molecule has 1 amide bonds. The zero-order chi connectivity index (χ0) is 13.6. The van der Waals surface area contributed by atoms with Gasteiger partial charge >= 0.3 is 0 Å². The van der Waals surface area contributed by atoms with Crippen LogP contribution in [0.1, 0.15) is 39.0 Å². The second-order valence-corrected chi connectivity index (χ2v) is 7.29. The molecule has 0 radical (unpaired) electrons. The fraction of sp³-hybridized carbons (Fsp3) is 0.917. The molecule has 0 heterocycles. The molecule has 0 bridgehead atoms. The van der Waals surface area contributed by atoms with Gasteiger partial charge in [-0.2, -0.15) is 0 Å². The molecule has 106 valence electrons. The summed E-state index contributed by atoms with van der Waals surface area (Å²) in [6, 6.07) is 0.145. The number of hydrogen-bond donors (Lipinski definition) is 1. The van der Waals surface area contributed by atoms with Crippen molar-refractivity contribution in [2.75, 3.05) is 19.5 Å². The van der Waals surface area contributed by atoms with Crippen LogP contribution in [0.25, 0.3) is 0 Å². The van der Waals surface area contributed by atoms with E-state index in [-0.39, 0.29) is 24.3 Å². The largest absolute Gasteiger partial charge is 0.384 e. The average Bonchev–Trinajstić information content (AvgIpc) is 2.36. The Morgan fingerprint density at radius 1 is 1.33 bits per heavy atom. The van der Waals surface area contributed by atoms with Gasteiger partial charge in [0.1, 0.15) is 5.25 Å². The van der Waals surface area contributed by atoms with E-state index in [0.717, 1.165) is 25.7 Å². The standard InChI is InChI=1S/C12H23NO4S/c1-10(18(15,16)9-8-17-2)12(14)13-11-6-4-3-5-7-11/h10-11H,3-9H2,1-2H3,(H,13,14). The van der Waals surface area contributed by atoms with Gasteiger partial charge in [0.05, 0.1) is 12.4 Å². The average molecular weight is 277 g/mol. The maximum Gasteiger partial charge on any atom is 0.238 e. The van der Waals surface area contributed by atoms with Crippen molar-refractivity contribution in [3.8, 4) is 0 Å². The minimum Gasteiger partial charge on any atom is -0.384 e. The van der Waals surface area contributed by atoms with Crippen LogP contribution in [-0.4, -0.2) is 45.1 Å². The van der Waals surface area contributed by atoms with Gasteiger partial charge < -0.3 is 10.1 Å². The lowest BCUT2D eigenvalue weighted by atomic mass is 9.95. The summed E-state index contributed by atoms with van der Waals surface area (Å²) in [6.07, 6.45) is 5.33. The first-order valence-corrected chi connectivity index (χ1v) is 8.20. The molecule has 0 saturated heterocycles. The van der Waals surface area contributed by atoms with E-state index in [0.29, 0.717) is 0 Å². The fourth-order valence-corrected chi connectivity index (χ4v) is 3.25. The van der Waals surface area contributed by atoms with Crippen molar-refractivity contribution in [3.63, 3.8) is 0 Å². The molecule has 0 aliphatic heterocycles.